The number of likely N-dealkylation sites (tertiary alicyclic amines) is 1. The highest BCUT2D eigenvalue weighted by Gasteiger charge is 2.53. The molecule has 330 valence electrons. The summed E-state index contributed by atoms with van der Waals surface area (Å²) in [5, 5.41) is 51.8. The van der Waals surface area contributed by atoms with Crippen LogP contribution in [0.1, 0.15) is 113 Å². The number of nitrogens with two attached hydrogens (primary N) is 1. The third kappa shape index (κ3) is 10.3. The number of allylic oxidation sites excluding steroid dienone is 1. The quantitative estimate of drug-likeness (QED) is 0.0630. The third-order valence-electron chi connectivity index (χ3n) is 15.9. The number of methoxy groups -OCH3 is 1. The van der Waals surface area contributed by atoms with E-state index in [0.717, 1.165) is 76.5 Å². The SMILES string of the molecule is CCC1CC(C2CCC3NC(C4CCC(C5CNC(C6CCCN6C(O)C(N)C=C(C)C)N5)CC4F)C(Cl)C3C2)NC1C(C)NC(O)C(C(C)C)C(C)C(O)OC. The Bertz CT molecular complexity index is 1300. The van der Waals surface area contributed by atoms with Crippen LogP contribution in [-0.4, -0.2) is 125 Å². The molecule has 0 bridgehead atoms. The third-order valence-corrected chi connectivity index (χ3v) is 16.4. The van der Waals surface area contributed by atoms with Gasteiger partial charge in [0.15, 0.2) is 6.29 Å². The number of nitrogens with zero attached hydrogens (tertiary/aromatic N) is 1. The van der Waals surface area contributed by atoms with Crippen LogP contribution in [0.4, 0.5) is 4.39 Å². The lowest BCUT2D eigenvalue weighted by atomic mass is 9.71. The van der Waals surface area contributed by atoms with E-state index < -0.39 is 31.0 Å². The maximum atomic E-state index is 16.4. The van der Waals surface area contributed by atoms with Gasteiger partial charge < -0.3 is 36.4 Å². The summed E-state index contributed by atoms with van der Waals surface area (Å²) in [6.07, 6.45) is 8.63. The molecule has 0 aromatic carbocycles. The molecule has 21 atom stereocenters. The van der Waals surface area contributed by atoms with Crippen LogP contribution in [-0.2, 0) is 4.74 Å². The van der Waals surface area contributed by atoms with E-state index in [4.69, 9.17) is 22.1 Å². The van der Waals surface area contributed by atoms with Crippen molar-refractivity contribution in [2.45, 2.75) is 197 Å². The first kappa shape index (κ1) is 46.0. The van der Waals surface area contributed by atoms with Crippen LogP contribution >= 0.6 is 11.6 Å². The Morgan fingerprint density at radius 2 is 1.67 bits per heavy atom. The average molecular weight is 827 g/mol. The molecule has 0 radical (unpaired) electrons. The fourth-order valence-corrected chi connectivity index (χ4v) is 13.3. The van der Waals surface area contributed by atoms with E-state index in [0.29, 0.717) is 36.3 Å². The molecule has 57 heavy (non-hydrogen) atoms. The molecule has 6 aliphatic rings. The molecule has 0 spiro atoms. The largest absolute Gasteiger partial charge is 0.378 e. The minimum atomic E-state index is -0.924. The Morgan fingerprint density at radius 3 is 2.33 bits per heavy atom. The summed E-state index contributed by atoms with van der Waals surface area (Å²) in [4.78, 5) is 2.15. The molecule has 2 saturated carbocycles. The Morgan fingerprint density at radius 1 is 0.947 bits per heavy atom. The zero-order chi connectivity index (χ0) is 41.3. The summed E-state index contributed by atoms with van der Waals surface area (Å²) in [7, 11) is 1.50. The fraction of sp³-hybridized carbons (Fsp3) is 0.955. The predicted octanol–water partition coefficient (Wildman–Crippen LogP) is 4.00. The number of aliphatic hydroxyl groups is 3. The normalized spacial score (nSPS) is 42.7. The Balaban J connectivity index is 0.993. The minimum Gasteiger partial charge on any atom is -0.378 e. The first-order valence-corrected chi connectivity index (χ1v) is 23.4. The van der Waals surface area contributed by atoms with E-state index in [2.05, 4.69) is 59.2 Å². The molecule has 0 amide bonds. The van der Waals surface area contributed by atoms with Gasteiger partial charge in [0.25, 0.3) is 0 Å². The van der Waals surface area contributed by atoms with Gasteiger partial charge in [-0.15, -0.1) is 11.6 Å². The van der Waals surface area contributed by atoms with Crippen molar-refractivity contribution in [1.82, 2.24) is 31.5 Å². The molecular formula is C44H81ClFN7O4. The van der Waals surface area contributed by atoms with Crippen molar-refractivity contribution in [1.29, 1.82) is 0 Å². The number of aliphatic hydroxyl groups excluding tert-OH is 3. The number of ether oxygens (including phenoxy) is 1. The number of nitrogens with one attached hydrogen (secondary N) is 5. The fourth-order valence-electron chi connectivity index (χ4n) is 12.8. The van der Waals surface area contributed by atoms with Crippen molar-refractivity contribution in [3.63, 3.8) is 0 Å². The van der Waals surface area contributed by atoms with Gasteiger partial charge >= 0.3 is 0 Å². The van der Waals surface area contributed by atoms with E-state index in [1.807, 2.05) is 26.8 Å². The summed E-state index contributed by atoms with van der Waals surface area (Å²) in [5.41, 5.74) is 7.45. The zero-order valence-electron chi connectivity index (χ0n) is 36.3. The van der Waals surface area contributed by atoms with Crippen LogP contribution in [0, 0.1) is 47.3 Å². The van der Waals surface area contributed by atoms with Crippen molar-refractivity contribution >= 4 is 11.6 Å². The highest BCUT2D eigenvalue weighted by molar-refractivity contribution is 6.21. The van der Waals surface area contributed by atoms with E-state index in [1.165, 1.54) is 7.11 Å². The minimum absolute atomic E-state index is 0.00337. The molecule has 13 heteroatoms. The summed E-state index contributed by atoms with van der Waals surface area (Å²) in [6, 6.07) is 0.990. The van der Waals surface area contributed by atoms with Crippen LogP contribution in [0.15, 0.2) is 11.6 Å². The zero-order valence-corrected chi connectivity index (χ0v) is 37.1. The number of alkyl halides is 2. The standard InChI is InChI=1S/C44H81ClFN7O4/c1-9-26-20-34(51-39(26)25(7)49-42(54)37(23(4)5)24(6)44(56)57-8)27-13-15-33-30(18-27)38(45)40(50-33)29-14-12-28(19-31(29)46)35-21-48-41(52-35)36-11-10-16-53(36)43(55)32(47)17-22(2)3/h17,23-44,48-52,54-56H,9-16,18-21,47H2,1-8H3. The van der Waals surface area contributed by atoms with Gasteiger partial charge in [-0.2, -0.15) is 0 Å². The second-order valence-electron chi connectivity index (χ2n) is 20.0. The number of fused-ring (bicyclic) bond motifs is 1. The van der Waals surface area contributed by atoms with E-state index in [9.17, 15) is 15.3 Å². The van der Waals surface area contributed by atoms with Crippen LogP contribution in [0.5, 0.6) is 0 Å². The van der Waals surface area contributed by atoms with Gasteiger partial charge in [-0.05, 0) is 108 Å². The lowest BCUT2D eigenvalue weighted by Gasteiger charge is -2.39. The van der Waals surface area contributed by atoms with Gasteiger partial charge in [-0.25, -0.2) is 4.39 Å². The molecule has 11 nitrogen and oxygen atoms in total. The van der Waals surface area contributed by atoms with Crippen LogP contribution in [0.3, 0.4) is 0 Å². The van der Waals surface area contributed by atoms with Gasteiger partial charge in [0.1, 0.15) is 18.6 Å². The first-order chi connectivity index (χ1) is 27.1. The van der Waals surface area contributed by atoms with Crippen molar-refractivity contribution in [2.24, 2.45) is 53.1 Å². The van der Waals surface area contributed by atoms with Crippen LogP contribution < -0.4 is 32.3 Å². The number of halogens is 2. The molecular weight excluding hydrogens is 745 g/mol. The van der Waals surface area contributed by atoms with E-state index in [1.54, 1.807) is 0 Å². The number of hydrogen-bond acceptors (Lipinski definition) is 11. The Labute approximate surface area is 349 Å². The number of hydrogen-bond donors (Lipinski definition) is 9. The monoisotopic (exact) mass is 826 g/mol. The Kier molecular flexibility index (Phi) is 16.3. The molecule has 2 aliphatic carbocycles. The first-order valence-electron chi connectivity index (χ1n) is 22.9. The predicted molar refractivity (Wildman–Crippen MR) is 227 cm³/mol. The maximum absolute atomic E-state index is 16.4. The second-order valence-corrected chi connectivity index (χ2v) is 20.5. The molecule has 0 aromatic heterocycles. The summed E-state index contributed by atoms with van der Waals surface area (Å²) < 4.78 is 21.6. The molecule has 4 saturated heterocycles. The van der Waals surface area contributed by atoms with Gasteiger partial charge in [0, 0.05) is 80.2 Å². The number of rotatable bonds is 16. The molecule has 21 unspecified atom stereocenters. The van der Waals surface area contributed by atoms with Crippen molar-refractivity contribution < 1.29 is 24.4 Å². The molecule has 4 aliphatic heterocycles. The molecule has 4 heterocycles. The highest BCUT2D eigenvalue weighted by Crippen LogP contribution is 2.47. The average Bonchev–Trinajstić information content (AvgIpc) is 3.99. The second kappa shape index (κ2) is 20.1. The summed E-state index contributed by atoms with van der Waals surface area (Å²) >= 11 is 7.40. The van der Waals surface area contributed by atoms with Crippen molar-refractivity contribution in [2.75, 3.05) is 20.2 Å². The highest BCUT2D eigenvalue weighted by atomic mass is 35.5. The summed E-state index contributed by atoms with van der Waals surface area (Å²) in [6.45, 7) is 16.2. The smallest absolute Gasteiger partial charge is 0.157 e. The van der Waals surface area contributed by atoms with Gasteiger partial charge in [-0.1, -0.05) is 45.8 Å². The summed E-state index contributed by atoms with van der Waals surface area (Å²) in [5.74, 6) is 1.36. The lowest BCUT2D eigenvalue weighted by molar-refractivity contribution is -0.144. The Hall–Kier alpha value is -0.480. The van der Waals surface area contributed by atoms with Crippen molar-refractivity contribution in [3.05, 3.63) is 11.6 Å². The van der Waals surface area contributed by atoms with E-state index >= 15 is 4.39 Å². The molecule has 6 fully saturated rings. The van der Waals surface area contributed by atoms with Crippen LogP contribution in [0.2, 0.25) is 0 Å². The molecule has 10 N–H and O–H groups in total. The maximum Gasteiger partial charge on any atom is 0.157 e. The van der Waals surface area contributed by atoms with Gasteiger partial charge in [0.2, 0.25) is 0 Å². The van der Waals surface area contributed by atoms with Crippen molar-refractivity contribution in [3.8, 4) is 0 Å². The van der Waals surface area contributed by atoms with Gasteiger partial charge in [-0.3, -0.25) is 20.9 Å². The molecule has 0 aromatic rings. The topological polar surface area (TPSA) is 159 Å². The van der Waals surface area contributed by atoms with Gasteiger partial charge in [0.05, 0.1) is 17.6 Å². The van der Waals surface area contributed by atoms with E-state index in [-0.39, 0.29) is 71.3 Å². The van der Waals surface area contributed by atoms with Crippen LogP contribution in [0.25, 0.3) is 0 Å². The molecule has 6 rings (SSSR count). The lowest BCUT2D eigenvalue weighted by Crippen LogP contribution is -2.57.